The molecular formula is C13H25N3OS. The van der Waals surface area contributed by atoms with Crippen LogP contribution in [0, 0.1) is 0 Å². The second kappa shape index (κ2) is 9.39. The van der Waals surface area contributed by atoms with E-state index in [4.69, 9.17) is 0 Å². The standard InChI is InChI=1S/C13H25N3OS/c1-3-8-16(9-4-2)10-5-6-12(17)15-13-14-7-11-18-13/h3-11H2,1-2H3,(H,14,15,17). The van der Waals surface area contributed by atoms with Crippen LogP contribution in [-0.2, 0) is 4.79 Å². The van der Waals surface area contributed by atoms with Crippen LogP contribution < -0.4 is 5.32 Å². The van der Waals surface area contributed by atoms with E-state index in [1.807, 2.05) is 0 Å². The Kier molecular flexibility index (Phi) is 8.09. The van der Waals surface area contributed by atoms with Gasteiger partial charge in [0.15, 0.2) is 5.17 Å². The van der Waals surface area contributed by atoms with Gasteiger partial charge in [-0.05, 0) is 38.9 Å². The summed E-state index contributed by atoms with van der Waals surface area (Å²) in [5, 5.41) is 3.68. The maximum Gasteiger partial charge on any atom is 0.225 e. The fraction of sp³-hybridized carbons (Fsp3) is 0.846. The minimum absolute atomic E-state index is 0.107. The lowest BCUT2D eigenvalue weighted by molar-refractivity contribution is -0.119. The Hall–Kier alpha value is -0.550. The summed E-state index contributed by atoms with van der Waals surface area (Å²) in [5.41, 5.74) is 0. The van der Waals surface area contributed by atoms with Crippen LogP contribution in [0.25, 0.3) is 0 Å². The maximum atomic E-state index is 11.7. The number of amidine groups is 1. The third-order valence-corrected chi connectivity index (χ3v) is 3.68. The van der Waals surface area contributed by atoms with Crippen molar-refractivity contribution in [2.24, 2.45) is 4.99 Å². The molecular weight excluding hydrogens is 246 g/mol. The number of hydrogen-bond acceptors (Lipinski definition) is 4. The fourth-order valence-electron chi connectivity index (χ4n) is 2.02. The minimum Gasteiger partial charge on any atom is -0.305 e. The summed E-state index contributed by atoms with van der Waals surface area (Å²) in [6, 6.07) is 0. The molecule has 0 aliphatic carbocycles. The highest BCUT2D eigenvalue weighted by molar-refractivity contribution is 8.14. The van der Waals surface area contributed by atoms with Gasteiger partial charge in [-0.1, -0.05) is 25.6 Å². The Morgan fingerprint density at radius 3 is 2.61 bits per heavy atom. The predicted octanol–water partition coefficient (Wildman–Crippen LogP) is 2.11. The van der Waals surface area contributed by atoms with Crippen molar-refractivity contribution in [1.82, 2.24) is 10.2 Å². The van der Waals surface area contributed by atoms with E-state index in [9.17, 15) is 4.79 Å². The monoisotopic (exact) mass is 271 g/mol. The molecule has 18 heavy (non-hydrogen) atoms. The Morgan fingerprint density at radius 2 is 2.06 bits per heavy atom. The van der Waals surface area contributed by atoms with E-state index in [1.165, 1.54) is 12.8 Å². The molecule has 0 spiro atoms. The Balaban J connectivity index is 2.12. The lowest BCUT2D eigenvalue weighted by Gasteiger charge is -2.20. The molecule has 0 unspecified atom stereocenters. The first-order valence-electron chi connectivity index (χ1n) is 6.95. The molecule has 1 heterocycles. The van der Waals surface area contributed by atoms with Crippen LogP contribution in [0.1, 0.15) is 39.5 Å². The molecule has 1 amide bonds. The molecule has 0 fully saturated rings. The molecule has 4 nitrogen and oxygen atoms in total. The largest absolute Gasteiger partial charge is 0.305 e. The van der Waals surface area contributed by atoms with Crippen molar-refractivity contribution in [1.29, 1.82) is 0 Å². The zero-order valence-electron chi connectivity index (χ0n) is 11.6. The van der Waals surface area contributed by atoms with Gasteiger partial charge in [-0.2, -0.15) is 0 Å². The number of carbonyl (C=O) groups excluding carboxylic acids is 1. The van der Waals surface area contributed by atoms with Crippen molar-refractivity contribution >= 4 is 22.8 Å². The van der Waals surface area contributed by atoms with Crippen molar-refractivity contribution in [2.75, 3.05) is 31.9 Å². The van der Waals surface area contributed by atoms with E-state index in [1.54, 1.807) is 11.8 Å². The van der Waals surface area contributed by atoms with Gasteiger partial charge in [-0.15, -0.1) is 0 Å². The van der Waals surface area contributed by atoms with Gasteiger partial charge in [0.25, 0.3) is 0 Å². The highest BCUT2D eigenvalue weighted by Gasteiger charge is 2.11. The molecule has 1 N–H and O–H groups in total. The lowest BCUT2D eigenvalue weighted by atomic mass is 10.2. The van der Waals surface area contributed by atoms with E-state index >= 15 is 0 Å². The van der Waals surface area contributed by atoms with Crippen LogP contribution in [0.2, 0.25) is 0 Å². The maximum absolute atomic E-state index is 11.7. The smallest absolute Gasteiger partial charge is 0.225 e. The summed E-state index contributed by atoms with van der Waals surface area (Å²) in [7, 11) is 0. The number of aliphatic imine (C=N–C) groups is 1. The van der Waals surface area contributed by atoms with Gasteiger partial charge in [0.1, 0.15) is 0 Å². The lowest BCUT2D eigenvalue weighted by Crippen LogP contribution is -2.30. The highest BCUT2D eigenvalue weighted by Crippen LogP contribution is 2.09. The fourth-order valence-corrected chi connectivity index (χ4v) is 2.77. The van der Waals surface area contributed by atoms with Crippen LogP contribution in [0.15, 0.2) is 4.99 Å². The molecule has 0 radical (unpaired) electrons. The van der Waals surface area contributed by atoms with Crippen molar-refractivity contribution < 1.29 is 4.79 Å². The first kappa shape index (κ1) is 15.5. The van der Waals surface area contributed by atoms with Crippen LogP contribution in [-0.4, -0.2) is 47.9 Å². The predicted molar refractivity (Wildman–Crippen MR) is 79.2 cm³/mol. The van der Waals surface area contributed by atoms with Gasteiger partial charge in [-0.25, -0.2) is 0 Å². The van der Waals surface area contributed by atoms with Gasteiger partial charge < -0.3 is 10.2 Å². The second-order valence-corrected chi connectivity index (χ2v) is 5.61. The first-order valence-corrected chi connectivity index (χ1v) is 7.94. The van der Waals surface area contributed by atoms with Gasteiger partial charge in [-0.3, -0.25) is 9.79 Å². The zero-order valence-corrected chi connectivity index (χ0v) is 12.4. The van der Waals surface area contributed by atoms with Crippen molar-refractivity contribution in [3.63, 3.8) is 0 Å². The molecule has 104 valence electrons. The summed E-state index contributed by atoms with van der Waals surface area (Å²) < 4.78 is 0. The molecule has 5 heteroatoms. The number of carbonyl (C=O) groups is 1. The van der Waals surface area contributed by atoms with Crippen molar-refractivity contribution in [3.8, 4) is 0 Å². The Labute approximate surface area is 115 Å². The van der Waals surface area contributed by atoms with E-state index < -0.39 is 0 Å². The summed E-state index contributed by atoms with van der Waals surface area (Å²) >= 11 is 1.63. The number of nitrogens with one attached hydrogen (secondary N) is 1. The average molecular weight is 271 g/mol. The third-order valence-electron chi connectivity index (χ3n) is 2.79. The van der Waals surface area contributed by atoms with Gasteiger partial charge in [0.05, 0.1) is 6.54 Å². The average Bonchev–Trinajstić information content (AvgIpc) is 2.82. The molecule has 0 saturated carbocycles. The van der Waals surface area contributed by atoms with Crippen LogP contribution in [0.4, 0.5) is 0 Å². The summed E-state index contributed by atoms with van der Waals surface area (Å²) in [6.45, 7) is 8.53. The minimum atomic E-state index is 0.107. The van der Waals surface area contributed by atoms with E-state index in [2.05, 4.69) is 29.1 Å². The van der Waals surface area contributed by atoms with E-state index in [-0.39, 0.29) is 5.91 Å². The van der Waals surface area contributed by atoms with Crippen molar-refractivity contribution in [3.05, 3.63) is 0 Å². The molecule has 0 aromatic rings. The highest BCUT2D eigenvalue weighted by atomic mass is 32.2. The zero-order chi connectivity index (χ0) is 13.2. The van der Waals surface area contributed by atoms with Crippen LogP contribution in [0.3, 0.4) is 0 Å². The van der Waals surface area contributed by atoms with Crippen molar-refractivity contribution in [2.45, 2.75) is 39.5 Å². The molecule has 1 rings (SSSR count). The number of nitrogens with zero attached hydrogens (tertiary/aromatic N) is 2. The van der Waals surface area contributed by atoms with E-state index in [0.717, 1.165) is 43.5 Å². The number of amides is 1. The van der Waals surface area contributed by atoms with Gasteiger partial charge in [0.2, 0.25) is 5.91 Å². The molecule has 0 aromatic heterocycles. The molecule has 0 saturated heterocycles. The van der Waals surface area contributed by atoms with E-state index in [0.29, 0.717) is 6.42 Å². The quantitative estimate of drug-likeness (QED) is 0.735. The third kappa shape index (κ3) is 6.40. The number of hydrogen-bond donors (Lipinski definition) is 1. The summed E-state index contributed by atoms with van der Waals surface area (Å²) in [5.74, 6) is 1.10. The van der Waals surface area contributed by atoms with Crippen LogP contribution in [0.5, 0.6) is 0 Å². The second-order valence-electron chi connectivity index (χ2n) is 4.53. The summed E-state index contributed by atoms with van der Waals surface area (Å²) in [6.07, 6.45) is 3.90. The molecule has 0 aromatic carbocycles. The van der Waals surface area contributed by atoms with Gasteiger partial charge in [0, 0.05) is 12.2 Å². The van der Waals surface area contributed by atoms with Gasteiger partial charge >= 0.3 is 0 Å². The molecule has 1 aliphatic rings. The Bertz CT molecular complexity index is 275. The molecule has 0 bridgehead atoms. The normalized spacial score (nSPS) is 14.9. The molecule has 1 aliphatic heterocycles. The first-order chi connectivity index (χ1) is 8.76. The molecule has 0 atom stereocenters. The summed E-state index contributed by atoms with van der Waals surface area (Å²) in [4.78, 5) is 18.3. The number of rotatable bonds is 8. The topological polar surface area (TPSA) is 44.7 Å². The van der Waals surface area contributed by atoms with Crippen LogP contribution >= 0.6 is 11.8 Å². The Morgan fingerprint density at radius 1 is 1.33 bits per heavy atom. The SMILES string of the molecule is CCCN(CCC)CCCC(=O)NC1=NCCS1. The number of thioether (sulfide) groups is 1.